The second kappa shape index (κ2) is 10.00. The summed E-state index contributed by atoms with van der Waals surface area (Å²) in [5, 5.41) is 0.119. The first-order valence-corrected chi connectivity index (χ1v) is 11.5. The predicted octanol–water partition coefficient (Wildman–Crippen LogP) is 4.24. The van der Waals surface area contributed by atoms with Crippen LogP contribution in [0.2, 0.25) is 0 Å². The van der Waals surface area contributed by atoms with Crippen LogP contribution in [0.5, 0.6) is 0 Å². The standard InChI is InChI=1S/C26H23F3N4O4/c1-4-37-25(36)19-13-18-21(30-20-7-5-6-12-32(20)24(18)35)33(14-15(2)3)22(19)31-23(34)16-8-10-17(11-9-16)26(27,28)29/h5-13,15H,4,14H2,1-3H3. The number of halogens is 3. The van der Waals surface area contributed by atoms with Crippen molar-refractivity contribution in [2.45, 2.75) is 33.5 Å². The van der Waals surface area contributed by atoms with Crippen molar-refractivity contribution in [3.05, 3.63) is 87.3 Å². The molecule has 0 aliphatic carbocycles. The number of benzene rings is 1. The van der Waals surface area contributed by atoms with E-state index in [0.29, 0.717) is 5.65 Å². The lowest BCUT2D eigenvalue weighted by molar-refractivity contribution is -0.137. The van der Waals surface area contributed by atoms with E-state index >= 15 is 0 Å². The predicted molar refractivity (Wildman–Crippen MR) is 129 cm³/mol. The van der Waals surface area contributed by atoms with Crippen LogP contribution < -0.4 is 11.0 Å². The summed E-state index contributed by atoms with van der Waals surface area (Å²) >= 11 is 0. The lowest BCUT2D eigenvalue weighted by Gasteiger charge is -2.16. The van der Waals surface area contributed by atoms with Crippen LogP contribution >= 0.6 is 0 Å². The van der Waals surface area contributed by atoms with Gasteiger partial charge in [0, 0.05) is 18.3 Å². The first-order valence-electron chi connectivity index (χ1n) is 11.5. The number of aromatic nitrogens is 3. The molecule has 0 N–H and O–H groups in total. The second-order valence-corrected chi connectivity index (χ2v) is 8.68. The van der Waals surface area contributed by atoms with Crippen molar-refractivity contribution in [1.82, 2.24) is 14.0 Å². The largest absolute Gasteiger partial charge is 0.462 e. The van der Waals surface area contributed by atoms with Crippen LogP contribution in [0.25, 0.3) is 16.7 Å². The highest BCUT2D eigenvalue weighted by molar-refractivity contribution is 5.97. The smallest absolute Gasteiger partial charge is 0.416 e. The molecule has 8 nitrogen and oxygen atoms in total. The molecule has 0 spiro atoms. The quantitative estimate of drug-likeness (QED) is 0.295. The van der Waals surface area contributed by atoms with E-state index in [0.717, 1.165) is 24.3 Å². The Labute approximate surface area is 208 Å². The summed E-state index contributed by atoms with van der Waals surface area (Å²) in [7, 11) is 0. The molecule has 0 bridgehead atoms. The van der Waals surface area contributed by atoms with Crippen LogP contribution in [0, 0.1) is 5.92 Å². The van der Waals surface area contributed by atoms with Gasteiger partial charge in [-0.25, -0.2) is 9.78 Å². The number of esters is 1. The van der Waals surface area contributed by atoms with Gasteiger partial charge in [0.05, 0.1) is 17.6 Å². The molecule has 0 aliphatic rings. The number of hydrogen-bond donors (Lipinski definition) is 0. The van der Waals surface area contributed by atoms with Gasteiger partial charge in [0.2, 0.25) is 0 Å². The summed E-state index contributed by atoms with van der Waals surface area (Å²) in [6.07, 6.45) is -3.01. The van der Waals surface area contributed by atoms with E-state index in [2.05, 4.69) is 9.98 Å². The van der Waals surface area contributed by atoms with Crippen molar-refractivity contribution in [2.75, 3.05) is 6.61 Å². The van der Waals surface area contributed by atoms with E-state index in [1.807, 2.05) is 13.8 Å². The number of amides is 1. The average molecular weight is 512 g/mol. The molecule has 11 heteroatoms. The molecule has 0 aliphatic heterocycles. The van der Waals surface area contributed by atoms with Crippen molar-refractivity contribution in [3.8, 4) is 0 Å². The van der Waals surface area contributed by atoms with E-state index < -0.39 is 29.2 Å². The number of ether oxygens (including phenoxy) is 1. The Balaban J connectivity index is 2.05. The Kier molecular flexibility index (Phi) is 6.97. The normalized spacial score (nSPS) is 12.5. The van der Waals surface area contributed by atoms with Crippen molar-refractivity contribution >= 4 is 28.6 Å². The van der Waals surface area contributed by atoms with Crippen LogP contribution in [0.1, 0.15) is 47.1 Å². The summed E-state index contributed by atoms with van der Waals surface area (Å²) in [4.78, 5) is 48.0. The zero-order valence-corrected chi connectivity index (χ0v) is 20.2. The topological polar surface area (TPSA) is 95.0 Å². The molecule has 0 atom stereocenters. The highest BCUT2D eigenvalue weighted by Crippen LogP contribution is 2.29. The molecule has 192 valence electrons. The Hall–Kier alpha value is -4.28. The summed E-state index contributed by atoms with van der Waals surface area (Å²) in [5.74, 6) is -1.69. The van der Waals surface area contributed by atoms with Crippen molar-refractivity contribution in [2.24, 2.45) is 10.9 Å². The third-order valence-electron chi connectivity index (χ3n) is 5.50. The summed E-state index contributed by atoms with van der Waals surface area (Å²) in [5.41, 5.74) is -1.12. The Morgan fingerprint density at radius 2 is 1.81 bits per heavy atom. The summed E-state index contributed by atoms with van der Waals surface area (Å²) in [6.45, 7) is 5.66. The van der Waals surface area contributed by atoms with E-state index in [1.165, 1.54) is 15.0 Å². The van der Waals surface area contributed by atoms with Gasteiger partial charge in [-0.15, -0.1) is 0 Å². The van der Waals surface area contributed by atoms with Gasteiger partial charge in [0.15, 0.2) is 5.49 Å². The highest BCUT2D eigenvalue weighted by atomic mass is 19.4. The van der Waals surface area contributed by atoms with Crippen LogP contribution in [0.3, 0.4) is 0 Å². The molecular weight excluding hydrogens is 489 g/mol. The monoisotopic (exact) mass is 512 g/mol. The van der Waals surface area contributed by atoms with Crippen LogP contribution in [0.4, 0.5) is 13.2 Å². The minimum Gasteiger partial charge on any atom is -0.462 e. The molecule has 4 rings (SSSR count). The number of pyridine rings is 2. The minimum absolute atomic E-state index is 0.0169. The highest BCUT2D eigenvalue weighted by Gasteiger charge is 2.30. The third-order valence-corrected chi connectivity index (χ3v) is 5.50. The molecule has 3 aromatic heterocycles. The molecule has 1 amide bonds. The lowest BCUT2D eigenvalue weighted by atomic mass is 10.1. The molecule has 0 saturated carbocycles. The minimum atomic E-state index is -4.56. The van der Waals surface area contributed by atoms with Crippen molar-refractivity contribution < 1.29 is 27.5 Å². The van der Waals surface area contributed by atoms with E-state index in [9.17, 15) is 27.6 Å². The third kappa shape index (κ3) is 5.16. The van der Waals surface area contributed by atoms with E-state index in [1.54, 1.807) is 31.3 Å². The number of hydrogen-bond acceptors (Lipinski definition) is 5. The van der Waals surface area contributed by atoms with Crippen LogP contribution in [-0.2, 0) is 17.5 Å². The SMILES string of the molecule is CCOC(=O)c1cc2c(=O)n3ccccc3nc2n(CC(C)C)c1=NC(=O)c1ccc(C(F)(F)F)cc1. The van der Waals surface area contributed by atoms with E-state index in [4.69, 9.17) is 4.74 Å². The average Bonchev–Trinajstić information content (AvgIpc) is 2.85. The maximum absolute atomic E-state index is 13.3. The molecule has 3 heterocycles. The van der Waals surface area contributed by atoms with E-state index in [-0.39, 0.29) is 46.7 Å². The van der Waals surface area contributed by atoms with Gasteiger partial charge in [-0.1, -0.05) is 19.9 Å². The fourth-order valence-electron chi connectivity index (χ4n) is 3.86. The molecule has 1 aromatic carbocycles. The van der Waals surface area contributed by atoms with Crippen LogP contribution in [0.15, 0.2) is 64.5 Å². The molecule has 0 saturated heterocycles. The van der Waals surface area contributed by atoms with Gasteiger partial charge in [0.1, 0.15) is 16.9 Å². The number of carbonyl (C=O) groups is 2. The number of alkyl halides is 3. The maximum Gasteiger partial charge on any atom is 0.416 e. The summed E-state index contributed by atoms with van der Waals surface area (Å²) in [6, 6.07) is 9.92. The fraction of sp³-hybridized carbons (Fsp3) is 0.269. The number of carbonyl (C=O) groups excluding carboxylic acids is 2. The zero-order chi connectivity index (χ0) is 26.9. The number of fused-ring (bicyclic) bond motifs is 2. The molecule has 0 fully saturated rings. The van der Waals surface area contributed by atoms with Crippen molar-refractivity contribution in [3.63, 3.8) is 0 Å². The number of nitrogens with zero attached hydrogens (tertiary/aromatic N) is 4. The lowest BCUT2D eigenvalue weighted by Crippen LogP contribution is -2.33. The fourth-order valence-corrected chi connectivity index (χ4v) is 3.86. The number of rotatable bonds is 5. The molecule has 4 aromatic rings. The maximum atomic E-state index is 13.3. The van der Waals surface area contributed by atoms with Gasteiger partial charge < -0.3 is 9.30 Å². The molecule has 37 heavy (non-hydrogen) atoms. The van der Waals surface area contributed by atoms with Gasteiger partial charge >= 0.3 is 12.1 Å². The van der Waals surface area contributed by atoms with Gasteiger partial charge in [-0.3, -0.25) is 14.0 Å². The van der Waals surface area contributed by atoms with Gasteiger partial charge in [-0.2, -0.15) is 18.2 Å². The molecule has 0 radical (unpaired) electrons. The van der Waals surface area contributed by atoms with Gasteiger partial charge in [0.25, 0.3) is 11.5 Å². The first-order chi connectivity index (χ1) is 17.5. The molecule has 0 unspecified atom stereocenters. The zero-order valence-electron chi connectivity index (χ0n) is 20.2. The Bertz CT molecular complexity index is 1640. The Morgan fingerprint density at radius 3 is 2.43 bits per heavy atom. The first kappa shape index (κ1) is 25.8. The summed E-state index contributed by atoms with van der Waals surface area (Å²) < 4.78 is 46.9. The Morgan fingerprint density at radius 1 is 1.11 bits per heavy atom. The van der Waals surface area contributed by atoms with Gasteiger partial charge in [-0.05, 0) is 55.3 Å². The van der Waals surface area contributed by atoms with Crippen molar-refractivity contribution in [1.29, 1.82) is 0 Å². The molecular formula is C26H23F3N4O4. The van der Waals surface area contributed by atoms with Crippen LogP contribution in [-0.4, -0.2) is 32.4 Å². The second-order valence-electron chi connectivity index (χ2n) is 8.68.